The van der Waals surface area contributed by atoms with Gasteiger partial charge in [-0.3, -0.25) is 4.79 Å². The van der Waals surface area contributed by atoms with Crippen LogP contribution in [-0.4, -0.2) is 41.2 Å². The van der Waals surface area contributed by atoms with E-state index in [2.05, 4.69) is 16.1 Å². The molecule has 0 N–H and O–H groups in total. The van der Waals surface area contributed by atoms with Gasteiger partial charge < -0.3 is 14.1 Å². The Kier molecular flexibility index (Phi) is 4.80. The van der Waals surface area contributed by atoms with Gasteiger partial charge in [0.05, 0.1) is 12.7 Å². The first-order chi connectivity index (χ1) is 11.7. The number of hydrogen-bond donors (Lipinski definition) is 0. The average Bonchev–Trinajstić information content (AvgIpc) is 3.10. The van der Waals surface area contributed by atoms with E-state index in [0.29, 0.717) is 36.2 Å². The molecule has 1 saturated heterocycles. The number of rotatable bonds is 4. The van der Waals surface area contributed by atoms with E-state index in [1.807, 2.05) is 24.3 Å². The number of carbonyl (C=O) groups is 1. The SMILES string of the molecule is C#CC1CCN(C(=O)Cc2nnc(-c3ccccc3OC)o2)CC1. The second-order valence-corrected chi connectivity index (χ2v) is 5.70. The lowest BCUT2D eigenvalue weighted by Gasteiger charge is -2.29. The van der Waals surface area contributed by atoms with Gasteiger partial charge in [-0.2, -0.15) is 0 Å². The summed E-state index contributed by atoms with van der Waals surface area (Å²) in [6, 6.07) is 7.38. The Morgan fingerprint density at radius 3 is 2.83 bits per heavy atom. The second-order valence-electron chi connectivity index (χ2n) is 5.70. The summed E-state index contributed by atoms with van der Waals surface area (Å²) in [6.45, 7) is 1.36. The summed E-state index contributed by atoms with van der Waals surface area (Å²) < 4.78 is 10.9. The third kappa shape index (κ3) is 3.40. The molecule has 6 heteroatoms. The van der Waals surface area contributed by atoms with Gasteiger partial charge in [-0.05, 0) is 25.0 Å². The molecule has 0 radical (unpaired) electrons. The topological polar surface area (TPSA) is 68.5 Å². The molecule has 1 aliphatic rings. The summed E-state index contributed by atoms with van der Waals surface area (Å²) in [7, 11) is 1.58. The molecule has 6 nitrogen and oxygen atoms in total. The number of hydrogen-bond acceptors (Lipinski definition) is 5. The number of likely N-dealkylation sites (tertiary alicyclic amines) is 1. The molecule has 1 fully saturated rings. The van der Waals surface area contributed by atoms with Gasteiger partial charge >= 0.3 is 0 Å². The van der Waals surface area contributed by atoms with Gasteiger partial charge in [0.25, 0.3) is 5.89 Å². The van der Waals surface area contributed by atoms with Crippen LogP contribution in [0.3, 0.4) is 0 Å². The molecule has 0 unspecified atom stereocenters. The lowest BCUT2D eigenvalue weighted by molar-refractivity contribution is -0.131. The van der Waals surface area contributed by atoms with Crippen LogP contribution in [0.2, 0.25) is 0 Å². The smallest absolute Gasteiger partial charge is 0.251 e. The largest absolute Gasteiger partial charge is 0.496 e. The van der Waals surface area contributed by atoms with Gasteiger partial charge in [-0.15, -0.1) is 22.5 Å². The minimum absolute atomic E-state index is 0.0132. The average molecular weight is 325 g/mol. The lowest BCUT2D eigenvalue weighted by Crippen LogP contribution is -2.39. The number of para-hydroxylation sites is 1. The zero-order valence-corrected chi connectivity index (χ0v) is 13.6. The molecule has 124 valence electrons. The van der Waals surface area contributed by atoms with E-state index in [9.17, 15) is 4.79 Å². The quantitative estimate of drug-likeness (QED) is 0.806. The summed E-state index contributed by atoms with van der Waals surface area (Å²) in [6.07, 6.45) is 7.22. The van der Waals surface area contributed by atoms with E-state index in [1.165, 1.54) is 0 Å². The van der Waals surface area contributed by atoms with E-state index < -0.39 is 0 Å². The molecule has 3 rings (SSSR count). The normalized spacial score (nSPS) is 15.1. The molecule has 1 aliphatic heterocycles. The van der Waals surface area contributed by atoms with Crippen LogP contribution in [0.15, 0.2) is 28.7 Å². The van der Waals surface area contributed by atoms with E-state index >= 15 is 0 Å². The van der Waals surface area contributed by atoms with E-state index in [0.717, 1.165) is 12.8 Å². The molecule has 0 bridgehead atoms. The van der Waals surface area contributed by atoms with Crippen LogP contribution in [0.4, 0.5) is 0 Å². The number of carbonyl (C=O) groups excluding carboxylic acids is 1. The predicted octanol–water partition coefficient (Wildman–Crippen LogP) is 2.16. The number of benzene rings is 1. The number of nitrogens with zero attached hydrogens (tertiary/aromatic N) is 3. The third-order valence-electron chi connectivity index (χ3n) is 4.19. The Morgan fingerprint density at radius 1 is 1.38 bits per heavy atom. The third-order valence-corrected chi connectivity index (χ3v) is 4.19. The molecule has 0 spiro atoms. The summed E-state index contributed by atoms with van der Waals surface area (Å²) in [5.74, 6) is 4.32. The van der Waals surface area contributed by atoms with Gasteiger partial charge in [-0.1, -0.05) is 12.1 Å². The maximum Gasteiger partial charge on any atom is 0.251 e. The van der Waals surface area contributed by atoms with Crippen molar-refractivity contribution in [2.75, 3.05) is 20.2 Å². The van der Waals surface area contributed by atoms with Crippen LogP contribution in [-0.2, 0) is 11.2 Å². The number of methoxy groups -OCH3 is 1. The Morgan fingerprint density at radius 2 is 2.12 bits per heavy atom. The Hall–Kier alpha value is -2.81. The van der Waals surface area contributed by atoms with Crippen molar-refractivity contribution in [2.45, 2.75) is 19.3 Å². The zero-order valence-electron chi connectivity index (χ0n) is 13.6. The Labute approximate surface area is 140 Å². The van der Waals surface area contributed by atoms with Crippen LogP contribution in [0, 0.1) is 18.3 Å². The minimum atomic E-state index is -0.0132. The number of terminal acetylenes is 1. The van der Waals surface area contributed by atoms with Gasteiger partial charge in [0.1, 0.15) is 12.2 Å². The van der Waals surface area contributed by atoms with Gasteiger partial charge in [0, 0.05) is 19.0 Å². The van der Waals surface area contributed by atoms with Gasteiger partial charge in [-0.25, -0.2) is 0 Å². The van der Waals surface area contributed by atoms with Crippen LogP contribution in [0.1, 0.15) is 18.7 Å². The highest BCUT2D eigenvalue weighted by atomic mass is 16.5. The zero-order chi connectivity index (χ0) is 16.9. The maximum atomic E-state index is 12.4. The van der Waals surface area contributed by atoms with Crippen molar-refractivity contribution in [1.82, 2.24) is 15.1 Å². The summed E-state index contributed by atoms with van der Waals surface area (Å²) in [4.78, 5) is 14.2. The van der Waals surface area contributed by atoms with Crippen LogP contribution >= 0.6 is 0 Å². The maximum absolute atomic E-state index is 12.4. The molecule has 1 aromatic carbocycles. The first-order valence-electron chi connectivity index (χ1n) is 7.91. The number of aromatic nitrogens is 2. The first kappa shape index (κ1) is 16.1. The molecule has 2 heterocycles. The molecule has 0 aliphatic carbocycles. The highest BCUT2D eigenvalue weighted by Gasteiger charge is 2.23. The number of piperidine rings is 1. The van der Waals surface area contributed by atoms with Crippen molar-refractivity contribution in [2.24, 2.45) is 5.92 Å². The van der Waals surface area contributed by atoms with Gasteiger partial charge in [0.2, 0.25) is 11.8 Å². The minimum Gasteiger partial charge on any atom is -0.496 e. The molecule has 0 saturated carbocycles. The first-order valence-corrected chi connectivity index (χ1v) is 7.91. The van der Waals surface area contributed by atoms with E-state index in [4.69, 9.17) is 15.6 Å². The summed E-state index contributed by atoms with van der Waals surface area (Å²) in [5, 5.41) is 8.01. The standard InChI is InChI=1S/C18H19N3O3/c1-3-13-8-10-21(11-9-13)17(22)12-16-19-20-18(24-16)14-6-4-5-7-15(14)23-2/h1,4-7,13H,8-12H2,2H3. The predicted molar refractivity (Wildman–Crippen MR) is 88.1 cm³/mol. The van der Waals surface area contributed by atoms with Crippen LogP contribution < -0.4 is 4.74 Å². The summed E-state index contributed by atoms with van der Waals surface area (Å²) in [5.41, 5.74) is 0.709. The van der Waals surface area contributed by atoms with Crippen molar-refractivity contribution in [3.63, 3.8) is 0 Å². The van der Waals surface area contributed by atoms with E-state index in [1.54, 1.807) is 12.0 Å². The van der Waals surface area contributed by atoms with E-state index in [-0.39, 0.29) is 18.2 Å². The van der Waals surface area contributed by atoms with Crippen molar-refractivity contribution in [3.8, 4) is 29.5 Å². The van der Waals surface area contributed by atoms with Crippen LogP contribution in [0.25, 0.3) is 11.5 Å². The molecule has 24 heavy (non-hydrogen) atoms. The highest BCUT2D eigenvalue weighted by molar-refractivity contribution is 5.78. The van der Waals surface area contributed by atoms with Crippen molar-refractivity contribution < 1.29 is 13.9 Å². The number of amides is 1. The molecule has 0 atom stereocenters. The van der Waals surface area contributed by atoms with Crippen molar-refractivity contribution in [1.29, 1.82) is 0 Å². The lowest BCUT2D eigenvalue weighted by atomic mass is 9.98. The fraction of sp³-hybridized carbons (Fsp3) is 0.389. The molecule has 1 aromatic heterocycles. The molecular formula is C18H19N3O3. The highest BCUT2D eigenvalue weighted by Crippen LogP contribution is 2.28. The fourth-order valence-corrected chi connectivity index (χ4v) is 2.79. The van der Waals surface area contributed by atoms with Crippen LogP contribution in [0.5, 0.6) is 5.75 Å². The van der Waals surface area contributed by atoms with Crippen molar-refractivity contribution >= 4 is 5.91 Å². The number of ether oxygens (including phenoxy) is 1. The molecule has 1 amide bonds. The second kappa shape index (κ2) is 7.18. The monoisotopic (exact) mass is 325 g/mol. The molecule has 2 aromatic rings. The van der Waals surface area contributed by atoms with Gasteiger partial charge in [0.15, 0.2) is 0 Å². The molecular weight excluding hydrogens is 306 g/mol. The Bertz CT molecular complexity index is 755. The van der Waals surface area contributed by atoms with Crippen molar-refractivity contribution in [3.05, 3.63) is 30.2 Å². The fourth-order valence-electron chi connectivity index (χ4n) is 2.79. The Balaban J connectivity index is 1.66. The summed E-state index contributed by atoms with van der Waals surface area (Å²) >= 11 is 0.